The smallest absolute Gasteiger partial charge is 0.0224 e. The van der Waals surface area contributed by atoms with Gasteiger partial charge in [-0.05, 0) is 52.2 Å². The monoisotopic (exact) mass is 267 g/mol. The van der Waals surface area contributed by atoms with E-state index in [4.69, 9.17) is 0 Å². The van der Waals surface area contributed by atoms with Crippen molar-refractivity contribution in [1.82, 2.24) is 15.1 Å². The molecule has 2 rings (SSSR count). The number of rotatable bonds is 7. The summed E-state index contributed by atoms with van der Waals surface area (Å²) < 4.78 is 0. The molecule has 0 aromatic carbocycles. The zero-order chi connectivity index (χ0) is 13.7. The summed E-state index contributed by atoms with van der Waals surface area (Å²) in [5.74, 6) is 0. The summed E-state index contributed by atoms with van der Waals surface area (Å²) in [5.41, 5.74) is 0. The third-order valence-corrected chi connectivity index (χ3v) is 4.74. The Kier molecular flexibility index (Phi) is 6.11. The van der Waals surface area contributed by atoms with Gasteiger partial charge in [0.2, 0.25) is 0 Å². The van der Waals surface area contributed by atoms with Crippen LogP contribution in [0, 0.1) is 0 Å². The fourth-order valence-corrected chi connectivity index (χ4v) is 3.57. The number of nitrogens with zero attached hydrogens (tertiary/aromatic N) is 2. The molecule has 3 nitrogen and oxygen atoms in total. The lowest BCUT2D eigenvalue weighted by Crippen LogP contribution is -2.54. The third-order valence-electron chi connectivity index (χ3n) is 4.74. The van der Waals surface area contributed by atoms with Gasteiger partial charge in [-0.3, -0.25) is 9.80 Å². The van der Waals surface area contributed by atoms with Crippen molar-refractivity contribution in [1.29, 1.82) is 0 Å². The van der Waals surface area contributed by atoms with Crippen molar-refractivity contribution in [2.75, 3.05) is 32.7 Å². The Morgan fingerprint density at radius 3 is 2.79 bits per heavy atom. The minimum absolute atomic E-state index is 0.635. The van der Waals surface area contributed by atoms with Gasteiger partial charge in [-0.25, -0.2) is 0 Å². The molecule has 0 aromatic heterocycles. The molecular formula is C16H33N3. The molecule has 19 heavy (non-hydrogen) atoms. The van der Waals surface area contributed by atoms with Gasteiger partial charge in [0.05, 0.1) is 0 Å². The summed E-state index contributed by atoms with van der Waals surface area (Å²) in [7, 11) is 0. The molecule has 2 unspecified atom stereocenters. The Bertz CT molecular complexity index is 254. The van der Waals surface area contributed by atoms with Crippen molar-refractivity contribution < 1.29 is 0 Å². The maximum absolute atomic E-state index is 3.50. The maximum atomic E-state index is 3.50. The fourth-order valence-electron chi connectivity index (χ4n) is 3.57. The second-order valence-corrected chi connectivity index (χ2v) is 6.80. The predicted octanol–water partition coefficient (Wildman–Crippen LogP) is 2.32. The number of hydrogen-bond acceptors (Lipinski definition) is 3. The molecule has 2 aliphatic rings. The highest BCUT2D eigenvalue weighted by atomic mass is 15.3. The first-order valence-corrected chi connectivity index (χ1v) is 8.38. The zero-order valence-corrected chi connectivity index (χ0v) is 13.2. The van der Waals surface area contributed by atoms with E-state index in [0.29, 0.717) is 6.04 Å². The summed E-state index contributed by atoms with van der Waals surface area (Å²) in [4.78, 5) is 5.45. The Morgan fingerprint density at radius 1 is 1.16 bits per heavy atom. The lowest BCUT2D eigenvalue weighted by atomic mass is 10.1. The average molecular weight is 267 g/mol. The predicted molar refractivity (Wildman–Crippen MR) is 82.6 cm³/mol. The second-order valence-electron chi connectivity index (χ2n) is 6.80. The van der Waals surface area contributed by atoms with E-state index < -0.39 is 0 Å². The minimum Gasteiger partial charge on any atom is -0.315 e. The standard InChI is InChI=1S/C16H33N3/c1-14(2)17-9-5-4-6-10-18-13-16-8-7-11-19(16)12-15(18)3/h14-17H,4-13H2,1-3H3. The van der Waals surface area contributed by atoms with Crippen LogP contribution in [0.1, 0.15) is 52.9 Å². The van der Waals surface area contributed by atoms with E-state index in [1.165, 1.54) is 64.8 Å². The number of nitrogens with one attached hydrogen (secondary N) is 1. The molecule has 0 bridgehead atoms. The fraction of sp³-hybridized carbons (Fsp3) is 1.00. The Labute approximate surface area is 119 Å². The first-order chi connectivity index (χ1) is 9.16. The molecule has 2 saturated heterocycles. The minimum atomic E-state index is 0.635. The normalized spacial score (nSPS) is 29.1. The maximum Gasteiger partial charge on any atom is 0.0224 e. The van der Waals surface area contributed by atoms with Gasteiger partial charge >= 0.3 is 0 Å². The van der Waals surface area contributed by atoms with Crippen molar-refractivity contribution in [2.45, 2.75) is 71.0 Å². The van der Waals surface area contributed by atoms with Gasteiger partial charge in [-0.1, -0.05) is 20.3 Å². The molecule has 2 fully saturated rings. The van der Waals surface area contributed by atoms with Crippen LogP contribution in [0.2, 0.25) is 0 Å². The highest BCUT2D eigenvalue weighted by Gasteiger charge is 2.33. The van der Waals surface area contributed by atoms with Gasteiger partial charge in [0, 0.05) is 31.2 Å². The Hall–Kier alpha value is -0.120. The molecule has 0 aliphatic carbocycles. The highest BCUT2D eigenvalue weighted by Crippen LogP contribution is 2.24. The van der Waals surface area contributed by atoms with Gasteiger partial charge < -0.3 is 5.32 Å². The van der Waals surface area contributed by atoms with Crippen LogP contribution < -0.4 is 5.32 Å². The van der Waals surface area contributed by atoms with Crippen LogP contribution in [-0.4, -0.2) is 60.6 Å². The quantitative estimate of drug-likeness (QED) is 0.714. The molecule has 1 N–H and O–H groups in total. The number of unbranched alkanes of at least 4 members (excludes halogenated alkanes) is 2. The first kappa shape index (κ1) is 15.3. The van der Waals surface area contributed by atoms with Crippen LogP contribution in [0.15, 0.2) is 0 Å². The van der Waals surface area contributed by atoms with Gasteiger partial charge in [-0.2, -0.15) is 0 Å². The first-order valence-electron chi connectivity index (χ1n) is 8.38. The van der Waals surface area contributed by atoms with Gasteiger partial charge in [0.25, 0.3) is 0 Å². The lowest BCUT2D eigenvalue weighted by Gasteiger charge is -2.42. The number of piperazine rings is 1. The van der Waals surface area contributed by atoms with Crippen LogP contribution >= 0.6 is 0 Å². The van der Waals surface area contributed by atoms with Crippen LogP contribution in [0.4, 0.5) is 0 Å². The molecule has 0 radical (unpaired) electrons. The molecular weight excluding hydrogens is 234 g/mol. The SMILES string of the molecule is CC(C)NCCCCCN1CC2CCCN2CC1C. The van der Waals surface area contributed by atoms with Crippen LogP contribution in [0.5, 0.6) is 0 Å². The largest absolute Gasteiger partial charge is 0.315 e. The van der Waals surface area contributed by atoms with Crippen LogP contribution in [-0.2, 0) is 0 Å². The topological polar surface area (TPSA) is 18.5 Å². The summed E-state index contributed by atoms with van der Waals surface area (Å²) in [6.07, 6.45) is 6.93. The second kappa shape index (κ2) is 7.61. The number of fused-ring (bicyclic) bond motifs is 1. The van der Waals surface area contributed by atoms with E-state index in [-0.39, 0.29) is 0 Å². The molecule has 2 aliphatic heterocycles. The zero-order valence-electron chi connectivity index (χ0n) is 13.2. The molecule has 0 amide bonds. The Morgan fingerprint density at radius 2 is 2.00 bits per heavy atom. The van der Waals surface area contributed by atoms with E-state index in [1.807, 2.05) is 0 Å². The van der Waals surface area contributed by atoms with Crippen molar-refractivity contribution in [3.8, 4) is 0 Å². The molecule has 112 valence electrons. The summed E-state index contributed by atoms with van der Waals surface area (Å²) in [6.45, 7) is 13.3. The van der Waals surface area contributed by atoms with Crippen molar-refractivity contribution in [3.63, 3.8) is 0 Å². The van der Waals surface area contributed by atoms with E-state index in [2.05, 4.69) is 35.9 Å². The van der Waals surface area contributed by atoms with Gasteiger partial charge in [0.1, 0.15) is 0 Å². The summed E-state index contributed by atoms with van der Waals surface area (Å²) >= 11 is 0. The summed E-state index contributed by atoms with van der Waals surface area (Å²) in [6, 6.07) is 2.28. The van der Waals surface area contributed by atoms with Crippen molar-refractivity contribution >= 4 is 0 Å². The van der Waals surface area contributed by atoms with E-state index in [9.17, 15) is 0 Å². The lowest BCUT2D eigenvalue weighted by molar-refractivity contribution is 0.0583. The number of hydrogen-bond donors (Lipinski definition) is 1. The molecule has 3 heteroatoms. The van der Waals surface area contributed by atoms with Crippen molar-refractivity contribution in [2.24, 2.45) is 0 Å². The highest BCUT2D eigenvalue weighted by molar-refractivity contribution is 4.90. The Balaban J connectivity index is 1.57. The molecule has 2 heterocycles. The van der Waals surface area contributed by atoms with Gasteiger partial charge in [0.15, 0.2) is 0 Å². The summed E-state index contributed by atoms with van der Waals surface area (Å²) in [5, 5.41) is 3.50. The van der Waals surface area contributed by atoms with E-state index in [0.717, 1.165) is 12.1 Å². The molecule has 2 atom stereocenters. The van der Waals surface area contributed by atoms with Crippen molar-refractivity contribution in [3.05, 3.63) is 0 Å². The van der Waals surface area contributed by atoms with Crippen LogP contribution in [0.25, 0.3) is 0 Å². The third kappa shape index (κ3) is 4.73. The van der Waals surface area contributed by atoms with E-state index >= 15 is 0 Å². The average Bonchev–Trinajstić information content (AvgIpc) is 2.80. The van der Waals surface area contributed by atoms with Crippen LogP contribution in [0.3, 0.4) is 0 Å². The molecule has 0 aromatic rings. The molecule has 0 saturated carbocycles. The van der Waals surface area contributed by atoms with E-state index in [1.54, 1.807) is 0 Å². The molecule has 0 spiro atoms. The van der Waals surface area contributed by atoms with Gasteiger partial charge in [-0.15, -0.1) is 0 Å².